The molecule has 2 N–H and O–H groups in total. The van der Waals surface area contributed by atoms with E-state index in [1.54, 1.807) is 6.07 Å². The van der Waals surface area contributed by atoms with Crippen LogP contribution in [0.2, 0.25) is 0 Å². The van der Waals surface area contributed by atoms with Gasteiger partial charge in [-0.05, 0) is 60.6 Å². The molecule has 14 heteroatoms. The summed E-state index contributed by atoms with van der Waals surface area (Å²) in [6.45, 7) is 4.77. The first-order valence-electron chi connectivity index (χ1n) is 13.8. The number of benzene rings is 2. The Labute approximate surface area is 242 Å². The predicted octanol–water partition coefficient (Wildman–Crippen LogP) is 2.78. The molecular weight excluding hydrogens is 554 g/mol. The van der Waals surface area contributed by atoms with Gasteiger partial charge in [0.15, 0.2) is 17.2 Å². The SMILES string of the molecule is CC(C)c1cc(-c2n[nH]c(=O)n2-c2ccc3c(ccn3CC3CC3)c2)c(OC(=O)c2ncn3c(=O)n(C)nnc23)cc1O. The quantitative estimate of drug-likeness (QED) is 0.213. The fourth-order valence-corrected chi connectivity index (χ4v) is 5.26. The highest BCUT2D eigenvalue weighted by molar-refractivity contribution is 5.96. The number of H-pyrrole nitrogens is 1. The number of esters is 1. The lowest BCUT2D eigenvalue weighted by atomic mass is 9.98. The highest BCUT2D eigenvalue weighted by Crippen LogP contribution is 2.39. The van der Waals surface area contributed by atoms with Crippen LogP contribution in [0.3, 0.4) is 0 Å². The zero-order chi connectivity index (χ0) is 30.0. The molecule has 2 aromatic carbocycles. The van der Waals surface area contributed by atoms with E-state index in [4.69, 9.17) is 4.74 Å². The summed E-state index contributed by atoms with van der Waals surface area (Å²) in [5.74, 6) is -0.328. The summed E-state index contributed by atoms with van der Waals surface area (Å²) in [5, 5.41) is 26.2. The van der Waals surface area contributed by atoms with Crippen LogP contribution in [0.1, 0.15) is 48.7 Å². The summed E-state index contributed by atoms with van der Waals surface area (Å²) in [5.41, 5.74) is 1.11. The van der Waals surface area contributed by atoms with Gasteiger partial charge in [-0.3, -0.25) is 0 Å². The van der Waals surface area contributed by atoms with E-state index in [1.165, 1.54) is 30.5 Å². The number of aromatic hydroxyl groups is 1. The van der Waals surface area contributed by atoms with Crippen molar-refractivity contribution in [2.24, 2.45) is 13.0 Å². The average molecular weight is 582 g/mol. The van der Waals surface area contributed by atoms with Crippen molar-refractivity contribution in [2.75, 3.05) is 0 Å². The number of aromatic amines is 1. The summed E-state index contributed by atoms with van der Waals surface area (Å²) in [6, 6.07) is 10.7. The topological polar surface area (TPSA) is 167 Å². The number of fused-ring (bicyclic) bond motifs is 2. The number of imidazole rings is 1. The molecule has 0 bridgehead atoms. The lowest BCUT2D eigenvalue weighted by Crippen LogP contribution is -2.27. The average Bonchev–Trinajstić information content (AvgIpc) is 3.35. The van der Waals surface area contributed by atoms with Gasteiger partial charge in [0.2, 0.25) is 0 Å². The van der Waals surface area contributed by atoms with Crippen LogP contribution in [0.5, 0.6) is 11.5 Å². The van der Waals surface area contributed by atoms with Crippen LogP contribution in [-0.2, 0) is 13.6 Å². The Hall–Kier alpha value is -5.53. The van der Waals surface area contributed by atoms with E-state index in [0.717, 1.165) is 32.9 Å². The van der Waals surface area contributed by atoms with Gasteiger partial charge in [0.25, 0.3) is 0 Å². The second-order valence-electron chi connectivity index (χ2n) is 11.1. The third-order valence-corrected chi connectivity index (χ3v) is 7.72. The van der Waals surface area contributed by atoms with Gasteiger partial charge in [0, 0.05) is 36.8 Å². The molecule has 14 nitrogen and oxygen atoms in total. The second kappa shape index (κ2) is 9.79. The van der Waals surface area contributed by atoms with Crippen LogP contribution >= 0.6 is 0 Å². The first kappa shape index (κ1) is 26.4. The largest absolute Gasteiger partial charge is 0.508 e. The first-order valence-corrected chi connectivity index (χ1v) is 13.8. The first-order chi connectivity index (χ1) is 20.7. The molecule has 1 fully saturated rings. The number of hydrogen-bond donors (Lipinski definition) is 2. The van der Waals surface area contributed by atoms with Crippen LogP contribution < -0.4 is 16.1 Å². The molecule has 6 aromatic rings. The van der Waals surface area contributed by atoms with Crippen molar-refractivity contribution >= 4 is 22.5 Å². The highest BCUT2D eigenvalue weighted by atomic mass is 16.5. The molecule has 4 heterocycles. The molecule has 1 aliphatic carbocycles. The molecule has 0 amide bonds. The molecule has 0 aliphatic heterocycles. The predicted molar refractivity (Wildman–Crippen MR) is 155 cm³/mol. The molecule has 7 rings (SSSR count). The Morgan fingerprint density at radius 3 is 2.74 bits per heavy atom. The van der Waals surface area contributed by atoms with Gasteiger partial charge in [-0.1, -0.05) is 19.1 Å². The summed E-state index contributed by atoms with van der Waals surface area (Å²) in [4.78, 5) is 42.9. The number of rotatable bonds is 7. The van der Waals surface area contributed by atoms with Crippen LogP contribution in [0.4, 0.5) is 0 Å². The maximum Gasteiger partial charge on any atom is 0.366 e. The van der Waals surface area contributed by atoms with E-state index in [1.807, 2.05) is 38.1 Å². The van der Waals surface area contributed by atoms with Crippen LogP contribution in [0.25, 0.3) is 33.6 Å². The van der Waals surface area contributed by atoms with Gasteiger partial charge < -0.3 is 14.4 Å². The Morgan fingerprint density at radius 2 is 1.98 bits per heavy atom. The molecule has 1 saturated carbocycles. The number of hydrogen-bond acceptors (Lipinski definition) is 9. The number of carbonyl (C=O) groups is 1. The van der Waals surface area contributed by atoms with E-state index in [2.05, 4.69) is 36.3 Å². The molecule has 0 radical (unpaired) electrons. The van der Waals surface area contributed by atoms with E-state index in [9.17, 15) is 19.5 Å². The van der Waals surface area contributed by atoms with E-state index in [-0.39, 0.29) is 40.1 Å². The van der Waals surface area contributed by atoms with E-state index >= 15 is 0 Å². The Bertz CT molecular complexity index is 2180. The van der Waals surface area contributed by atoms with Crippen molar-refractivity contribution in [3.8, 4) is 28.6 Å². The fourth-order valence-electron chi connectivity index (χ4n) is 5.26. The van der Waals surface area contributed by atoms with Gasteiger partial charge in [0.05, 0.1) is 11.3 Å². The zero-order valence-corrected chi connectivity index (χ0v) is 23.6. The van der Waals surface area contributed by atoms with E-state index in [0.29, 0.717) is 17.2 Å². The number of ether oxygens (including phenoxy) is 1. The second-order valence-corrected chi connectivity index (χ2v) is 11.1. The van der Waals surface area contributed by atoms with Crippen molar-refractivity contribution in [3.05, 3.63) is 81.1 Å². The molecular formula is C29H27N9O5. The molecule has 43 heavy (non-hydrogen) atoms. The van der Waals surface area contributed by atoms with Crippen molar-refractivity contribution < 1.29 is 14.6 Å². The number of nitrogens with one attached hydrogen (secondary N) is 1. The number of nitrogens with zero attached hydrogens (tertiary/aromatic N) is 8. The standard InChI is InChI=1S/C29H27N9O5/c1-15(2)19-11-20(23(12-22(19)39)43-27(40)24-26-32-34-35(3)29(42)37(26)14-30-24)25-31-33-28(41)38(25)18-6-7-21-17(10-18)8-9-36(21)13-16-4-5-16/h6-12,14-16,39H,4-5,13H2,1-3H3,(H,33,41). The van der Waals surface area contributed by atoms with Crippen LogP contribution in [-0.4, -0.2) is 54.8 Å². The van der Waals surface area contributed by atoms with Crippen LogP contribution in [0, 0.1) is 5.92 Å². The minimum Gasteiger partial charge on any atom is -0.508 e. The van der Waals surface area contributed by atoms with Gasteiger partial charge >= 0.3 is 17.3 Å². The molecule has 0 atom stereocenters. The lowest BCUT2D eigenvalue weighted by Gasteiger charge is -2.16. The van der Waals surface area contributed by atoms with Gasteiger partial charge in [-0.25, -0.2) is 33.4 Å². The number of aromatic nitrogens is 9. The lowest BCUT2D eigenvalue weighted by molar-refractivity contribution is 0.0731. The molecule has 4 aromatic heterocycles. The third-order valence-electron chi connectivity index (χ3n) is 7.72. The summed E-state index contributed by atoms with van der Waals surface area (Å²) in [7, 11) is 1.42. The molecule has 0 saturated heterocycles. The molecule has 1 aliphatic rings. The number of carbonyl (C=O) groups excluding carboxylic acids is 1. The van der Waals surface area contributed by atoms with Crippen molar-refractivity contribution in [3.63, 3.8) is 0 Å². The Kier molecular flexibility index (Phi) is 6.00. The summed E-state index contributed by atoms with van der Waals surface area (Å²) >= 11 is 0. The van der Waals surface area contributed by atoms with Crippen molar-refractivity contribution in [1.29, 1.82) is 0 Å². The Balaban J connectivity index is 1.33. The van der Waals surface area contributed by atoms with Gasteiger partial charge in [0.1, 0.15) is 17.8 Å². The molecule has 218 valence electrons. The van der Waals surface area contributed by atoms with E-state index < -0.39 is 17.3 Å². The Morgan fingerprint density at radius 1 is 1.16 bits per heavy atom. The minimum absolute atomic E-state index is 0.0678. The molecule has 0 spiro atoms. The maximum atomic E-state index is 13.3. The molecule has 0 unspecified atom stereocenters. The van der Waals surface area contributed by atoms with Crippen LogP contribution in [0.15, 0.2) is 58.5 Å². The highest BCUT2D eigenvalue weighted by Gasteiger charge is 2.26. The number of aryl methyl sites for hydroxylation is 1. The van der Waals surface area contributed by atoms with Crippen molar-refractivity contribution in [1.82, 2.24) is 43.7 Å². The monoisotopic (exact) mass is 581 g/mol. The number of phenolic OH excluding ortho intramolecular Hbond substituents is 1. The summed E-state index contributed by atoms with van der Waals surface area (Å²) < 4.78 is 11.4. The van der Waals surface area contributed by atoms with Gasteiger partial charge in [-0.15, -0.1) is 5.10 Å². The van der Waals surface area contributed by atoms with Gasteiger partial charge in [-0.2, -0.15) is 9.78 Å². The van der Waals surface area contributed by atoms with Crippen molar-refractivity contribution in [2.45, 2.75) is 39.2 Å². The number of phenols is 1. The minimum atomic E-state index is -0.939. The maximum absolute atomic E-state index is 13.3. The third kappa shape index (κ3) is 4.47. The smallest absolute Gasteiger partial charge is 0.366 e. The summed E-state index contributed by atoms with van der Waals surface area (Å²) in [6.07, 6.45) is 5.69. The zero-order valence-electron chi connectivity index (χ0n) is 23.6. The fraction of sp³-hybridized carbons (Fsp3) is 0.276. The normalized spacial score (nSPS) is 13.4.